The highest BCUT2D eigenvalue weighted by Gasteiger charge is 2.20. The molecule has 1 saturated heterocycles. The van der Waals surface area contributed by atoms with Crippen LogP contribution in [0, 0.1) is 0 Å². The van der Waals surface area contributed by atoms with Crippen LogP contribution in [0.5, 0.6) is 5.75 Å². The largest absolute Gasteiger partial charge is 0.491 e. The van der Waals surface area contributed by atoms with E-state index in [2.05, 4.69) is 5.32 Å². The minimum Gasteiger partial charge on any atom is -0.491 e. The van der Waals surface area contributed by atoms with Crippen LogP contribution in [0.3, 0.4) is 0 Å². The molecule has 1 aromatic rings. The number of allylic oxidation sites excluding steroid dienone is 1. The molecule has 0 radical (unpaired) electrons. The number of hydrogen-bond acceptors (Lipinski definition) is 4. The van der Waals surface area contributed by atoms with Gasteiger partial charge in [-0.3, -0.25) is 4.79 Å². The zero-order valence-corrected chi connectivity index (χ0v) is 13.7. The quantitative estimate of drug-likeness (QED) is 0.714. The summed E-state index contributed by atoms with van der Waals surface area (Å²) in [5.41, 5.74) is 0.367. The van der Waals surface area contributed by atoms with Gasteiger partial charge in [-0.05, 0) is 44.4 Å². The van der Waals surface area contributed by atoms with E-state index in [1.807, 2.05) is 0 Å². The van der Waals surface area contributed by atoms with Crippen LogP contribution in [0.2, 0.25) is 0 Å². The van der Waals surface area contributed by atoms with Crippen molar-refractivity contribution in [2.24, 2.45) is 0 Å². The molecule has 0 spiro atoms. The van der Waals surface area contributed by atoms with Gasteiger partial charge in [0.1, 0.15) is 18.4 Å². The average molecular weight is 333 g/mol. The monoisotopic (exact) mass is 333 g/mol. The molecule has 1 aromatic carbocycles. The lowest BCUT2D eigenvalue weighted by molar-refractivity contribution is -0.139. The van der Waals surface area contributed by atoms with Crippen molar-refractivity contribution in [3.05, 3.63) is 42.0 Å². The first kappa shape index (κ1) is 18.0. The fraction of sp³-hybridized carbons (Fsp3) is 0.444. The summed E-state index contributed by atoms with van der Waals surface area (Å²) in [6.07, 6.45) is 5.82. The number of nitrogens with one attached hydrogen (secondary N) is 1. The highest BCUT2D eigenvalue weighted by atomic mass is 16.5. The second-order valence-corrected chi connectivity index (χ2v) is 5.64. The molecule has 1 fully saturated rings. The first-order valence-corrected chi connectivity index (χ1v) is 8.09. The average Bonchev–Trinajstić information content (AvgIpc) is 3.10. The first-order valence-electron chi connectivity index (χ1n) is 8.09. The molecule has 2 unspecified atom stereocenters. The van der Waals surface area contributed by atoms with Crippen molar-refractivity contribution >= 4 is 11.9 Å². The van der Waals surface area contributed by atoms with E-state index in [4.69, 9.17) is 14.6 Å². The third kappa shape index (κ3) is 5.38. The van der Waals surface area contributed by atoms with Gasteiger partial charge in [-0.15, -0.1) is 0 Å². The summed E-state index contributed by atoms with van der Waals surface area (Å²) in [4.78, 5) is 23.5. The number of carbonyl (C=O) groups is 2. The lowest BCUT2D eigenvalue weighted by Crippen LogP contribution is -2.40. The van der Waals surface area contributed by atoms with Crippen LogP contribution in [-0.4, -0.2) is 42.3 Å². The molecule has 1 heterocycles. The van der Waals surface area contributed by atoms with Crippen molar-refractivity contribution in [3.63, 3.8) is 0 Å². The Kier molecular flexibility index (Phi) is 6.81. The molecular formula is C18H23NO5. The van der Waals surface area contributed by atoms with Gasteiger partial charge in [0.25, 0.3) is 5.91 Å². The van der Waals surface area contributed by atoms with Gasteiger partial charge in [0.2, 0.25) is 0 Å². The molecule has 0 aromatic heterocycles. The Hall–Kier alpha value is -2.34. The number of carboxylic acid groups (broad SMARTS) is 1. The molecule has 1 aliphatic heterocycles. The number of carboxylic acids is 1. The van der Waals surface area contributed by atoms with E-state index in [0.29, 0.717) is 17.9 Å². The van der Waals surface area contributed by atoms with Gasteiger partial charge < -0.3 is 19.9 Å². The molecule has 0 aliphatic carbocycles. The Labute approximate surface area is 141 Å². The summed E-state index contributed by atoms with van der Waals surface area (Å²) < 4.78 is 11.2. The van der Waals surface area contributed by atoms with Crippen LogP contribution in [0.15, 0.2) is 36.4 Å². The molecule has 2 atom stereocenters. The van der Waals surface area contributed by atoms with E-state index in [1.54, 1.807) is 43.3 Å². The second kappa shape index (κ2) is 9.08. The second-order valence-electron chi connectivity index (χ2n) is 5.64. The van der Waals surface area contributed by atoms with E-state index in [0.717, 1.165) is 19.4 Å². The minimum absolute atomic E-state index is 0.0969. The van der Waals surface area contributed by atoms with Crippen LogP contribution in [-0.2, 0) is 9.53 Å². The standard InChI is InChI=1S/C18H23NO5/c1-2-3-9-16(18(21)22)19-17(20)13-6-4-7-14(11-13)24-12-15-8-5-10-23-15/h2-4,6-7,11,15-16H,5,8-10,12H2,1H3,(H,19,20)(H,21,22)/b3-2+. The first-order chi connectivity index (χ1) is 11.6. The van der Waals surface area contributed by atoms with Crippen LogP contribution in [0.25, 0.3) is 0 Å². The number of rotatable bonds is 8. The topological polar surface area (TPSA) is 84.9 Å². The van der Waals surface area contributed by atoms with Gasteiger partial charge >= 0.3 is 5.97 Å². The fourth-order valence-corrected chi connectivity index (χ4v) is 2.43. The zero-order chi connectivity index (χ0) is 17.4. The smallest absolute Gasteiger partial charge is 0.326 e. The summed E-state index contributed by atoms with van der Waals surface area (Å²) >= 11 is 0. The molecule has 1 aliphatic rings. The van der Waals surface area contributed by atoms with E-state index in [1.165, 1.54) is 0 Å². The van der Waals surface area contributed by atoms with Crippen LogP contribution < -0.4 is 10.1 Å². The number of aliphatic carboxylic acids is 1. The Morgan fingerprint density at radius 1 is 1.50 bits per heavy atom. The van der Waals surface area contributed by atoms with E-state index in [9.17, 15) is 9.59 Å². The third-order valence-corrected chi connectivity index (χ3v) is 3.77. The normalized spacial score (nSPS) is 18.5. The summed E-state index contributed by atoms with van der Waals surface area (Å²) in [6.45, 7) is 3.01. The number of ether oxygens (including phenoxy) is 2. The minimum atomic E-state index is -1.06. The van der Waals surface area contributed by atoms with Crippen molar-refractivity contribution in [2.75, 3.05) is 13.2 Å². The van der Waals surface area contributed by atoms with Gasteiger partial charge in [-0.1, -0.05) is 18.2 Å². The SMILES string of the molecule is C/C=C/CC(NC(=O)c1cccc(OCC2CCCO2)c1)C(=O)O. The molecular weight excluding hydrogens is 310 g/mol. The maximum atomic E-state index is 12.3. The maximum absolute atomic E-state index is 12.3. The molecule has 2 rings (SSSR count). The van der Waals surface area contributed by atoms with Crippen LogP contribution in [0.1, 0.15) is 36.5 Å². The zero-order valence-electron chi connectivity index (χ0n) is 13.7. The summed E-state index contributed by atoms with van der Waals surface area (Å²) in [5.74, 6) is -0.930. The molecule has 0 bridgehead atoms. The highest BCUT2D eigenvalue weighted by molar-refractivity contribution is 5.96. The lowest BCUT2D eigenvalue weighted by atomic mass is 10.1. The van der Waals surface area contributed by atoms with Gasteiger partial charge in [0.05, 0.1) is 6.10 Å². The Bertz CT molecular complexity index is 593. The number of hydrogen-bond donors (Lipinski definition) is 2. The molecule has 2 N–H and O–H groups in total. The highest BCUT2D eigenvalue weighted by Crippen LogP contribution is 2.17. The fourth-order valence-electron chi connectivity index (χ4n) is 2.43. The van der Waals surface area contributed by atoms with E-state index in [-0.39, 0.29) is 12.5 Å². The van der Waals surface area contributed by atoms with Crippen molar-refractivity contribution in [1.82, 2.24) is 5.32 Å². The van der Waals surface area contributed by atoms with E-state index >= 15 is 0 Å². The predicted octanol–water partition coefficient (Wildman–Crippen LogP) is 2.39. The molecule has 24 heavy (non-hydrogen) atoms. The van der Waals surface area contributed by atoms with Gasteiger partial charge in [0.15, 0.2) is 0 Å². The van der Waals surface area contributed by atoms with Crippen molar-refractivity contribution in [1.29, 1.82) is 0 Å². The summed E-state index contributed by atoms with van der Waals surface area (Å²) in [6, 6.07) is 5.76. The van der Waals surface area contributed by atoms with Crippen molar-refractivity contribution in [3.8, 4) is 5.75 Å². The van der Waals surface area contributed by atoms with Crippen molar-refractivity contribution < 1.29 is 24.2 Å². The molecule has 0 saturated carbocycles. The summed E-state index contributed by atoms with van der Waals surface area (Å²) in [7, 11) is 0. The number of benzene rings is 1. The molecule has 6 heteroatoms. The van der Waals surface area contributed by atoms with Gasteiger partial charge in [0, 0.05) is 12.2 Å². The summed E-state index contributed by atoms with van der Waals surface area (Å²) in [5, 5.41) is 11.7. The Morgan fingerprint density at radius 3 is 3.00 bits per heavy atom. The third-order valence-electron chi connectivity index (χ3n) is 3.77. The van der Waals surface area contributed by atoms with Crippen LogP contribution >= 0.6 is 0 Å². The number of amides is 1. The number of carbonyl (C=O) groups excluding carboxylic acids is 1. The molecule has 130 valence electrons. The van der Waals surface area contributed by atoms with Crippen molar-refractivity contribution in [2.45, 2.75) is 38.3 Å². The Morgan fingerprint density at radius 2 is 2.33 bits per heavy atom. The Balaban J connectivity index is 1.95. The van der Waals surface area contributed by atoms with Gasteiger partial charge in [-0.25, -0.2) is 4.79 Å². The van der Waals surface area contributed by atoms with Gasteiger partial charge in [-0.2, -0.15) is 0 Å². The molecule has 6 nitrogen and oxygen atoms in total. The predicted molar refractivity (Wildman–Crippen MR) is 89.2 cm³/mol. The van der Waals surface area contributed by atoms with Crippen LogP contribution in [0.4, 0.5) is 0 Å². The maximum Gasteiger partial charge on any atom is 0.326 e. The lowest BCUT2D eigenvalue weighted by Gasteiger charge is -2.14. The van der Waals surface area contributed by atoms with E-state index < -0.39 is 17.9 Å². The molecule has 1 amide bonds.